The van der Waals surface area contributed by atoms with E-state index in [9.17, 15) is 4.79 Å². The highest BCUT2D eigenvalue weighted by Crippen LogP contribution is 2.26. The van der Waals surface area contributed by atoms with Crippen molar-refractivity contribution in [2.75, 3.05) is 52.9 Å². The molecule has 162 valence electrons. The topological polar surface area (TPSA) is 48.1 Å². The van der Waals surface area contributed by atoms with Crippen LogP contribution in [0.5, 0.6) is 5.75 Å². The lowest BCUT2D eigenvalue weighted by molar-refractivity contribution is 0.133. The Morgan fingerprint density at radius 1 is 1.07 bits per heavy atom. The molecule has 4 rings (SSSR count). The molecule has 0 radical (unpaired) electrons. The van der Waals surface area contributed by atoms with Gasteiger partial charge in [0.1, 0.15) is 5.75 Å². The third kappa shape index (κ3) is 5.33. The van der Waals surface area contributed by atoms with Gasteiger partial charge in [0.15, 0.2) is 0 Å². The van der Waals surface area contributed by atoms with Crippen LogP contribution >= 0.6 is 11.3 Å². The average Bonchev–Trinajstić information content (AvgIpc) is 3.49. The van der Waals surface area contributed by atoms with Gasteiger partial charge in [-0.05, 0) is 66.0 Å². The van der Waals surface area contributed by atoms with E-state index in [-0.39, 0.29) is 12.1 Å². The van der Waals surface area contributed by atoms with Crippen LogP contribution in [-0.2, 0) is 6.54 Å². The molecule has 2 saturated heterocycles. The molecule has 1 aromatic carbocycles. The Kier molecular flexibility index (Phi) is 7.25. The van der Waals surface area contributed by atoms with Gasteiger partial charge in [0.05, 0.1) is 13.2 Å². The molecule has 0 bridgehead atoms. The third-order valence-corrected chi connectivity index (χ3v) is 6.91. The number of hydrogen-bond donors (Lipinski definition) is 1. The molecule has 30 heavy (non-hydrogen) atoms. The summed E-state index contributed by atoms with van der Waals surface area (Å²) in [6.07, 6.45) is 2.46. The van der Waals surface area contributed by atoms with Crippen LogP contribution in [0.3, 0.4) is 0 Å². The zero-order chi connectivity index (χ0) is 20.8. The highest BCUT2D eigenvalue weighted by atomic mass is 32.1. The zero-order valence-electron chi connectivity index (χ0n) is 17.8. The van der Waals surface area contributed by atoms with Crippen LogP contribution in [0, 0.1) is 0 Å². The lowest BCUT2D eigenvalue weighted by atomic mass is 10.1. The van der Waals surface area contributed by atoms with Gasteiger partial charge in [0.2, 0.25) is 0 Å². The molecule has 0 spiro atoms. The van der Waals surface area contributed by atoms with Gasteiger partial charge in [0.25, 0.3) is 0 Å². The average molecular weight is 429 g/mol. The van der Waals surface area contributed by atoms with Crippen LogP contribution < -0.4 is 10.1 Å². The number of urea groups is 1. The molecular weight excluding hydrogens is 396 g/mol. The van der Waals surface area contributed by atoms with E-state index in [0.717, 1.165) is 51.6 Å². The van der Waals surface area contributed by atoms with Gasteiger partial charge >= 0.3 is 6.03 Å². The fourth-order valence-electron chi connectivity index (χ4n) is 4.38. The number of carbonyl (C=O) groups excluding carboxylic acids is 1. The van der Waals surface area contributed by atoms with Crippen molar-refractivity contribution in [1.29, 1.82) is 0 Å². The van der Waals surface area contributed by atoms with Crippen molar-refractivity contribution >= 4 is 17.4 Å². The third-order valence-electron chi connectivity index (χ3n) is 6.17. The number of likely N-dealkylation sites (tertiary alicyclic amines) is 1. The number of hydrogen-bond acceptors (Lipinski definition) is 5. The van der Waals surface area contributed by atoms with Gasteiger partial charge in [-0.25, -0.2) is 4.79 Å². The summed E-state index contributed by atoms with van der Waals surface area (Å²) in [6, 6.07) is 10.7. The predicted molar refractivity (Wildman–Crippen MR) is 121 cm³/mol. The molecule has 0 aliphatic carbocycles. The van der Waals surface area contributed by atoms with Gasteiger partial charge in [-0.15, -0.1) is 0 Å². The quantitative estimate of drug-likeness (QED) is 0.734. The zero-order valence-corrected chi connectivity index (χ0v) is 18.6. The van der Waals surface area contributed by atoms with Gasteiger partial charge < -0.3 is 15.0 Å². The van der Waals surface area contributed by atoms with Gasteiger partial charge in [-0.3, -0.25) is 9.80 Å². The first kappa shape index (κ1) is 21.2. The minimum atomic E-state index is 0.0582. The van der Waals surface area contributed by atoms with E-state index in [4.69, 9.17) is 4.74 Å². The Morgan fingerprint density at radius 3 is 2.43 bits per heavy atom. The van der Waals surface area contributed by atoms with Gasteiger partial charge in [-0.1, -0.05) is 12.1 Å². The number of benzene rings is 1. The first-order valence-electron chi connectivity index (χ1n) is 10.9. The van der Waals surface area contributed by atoms with Crippen molar-refractivity contribution in [2.45, 2.75) is 25.4 Å². The number of thiophene rings is 1. The van der Waals surface area contributed by atoms with Crippen molar-refractivity contribution in [1.82, 2.24) is 20.0 Å². The van der Waals surface area contributed by atoms with Crippen LogP contribution in [0.1, 0.15) is 30.0 Å². The van der Waals surface area contributed by atoms with Crippen LogP contribution in [0.4, 0.5) is 4.79 Å². The highest BCUT2D eigenvalue weighted by molar-refractivity contribution is 7.07. The Morgan fingerprint density at radius 2 is 1.80 bits per heavy atom. The van der Waals surface area contributed by atoms with E-state index < -0.39 is 0 Å². The van der Waals surface area contributed by atoms with E-state index in [1.54, 1.807) is 18.4 Å². The largest absolute Gasteiger partial charge is 0.497 e. The molecule has 0 unspecified atom stereocenters. The summed E-state index contributed by atoms with van der Waals surface area (Å²) in [5.41, 5.74) is 2.60. The van der Waals surface area contributed by atoms with Crippen LogP contribution in [0.2, 0.25) is 0 Å². The van der Waals surface area contributed by atoms with Crippen LogP contribution in [0.15, 0.2) is 41.1 Å². The normalized spacial score (nSPS) is 19.0. The summed E-state index contributed by atoms with van der Waals surface area (Å²) >= 11 is 1.74. The van der Waals surface area contributed by atoms with E-state index in [1.165, 1.54) is 24.0 Å². The van der Waals surface area contributed by atoms with Crippen LogP contribution in [-0.4, -0.2) is 73.7 Å². The summed E-state index contributed by atoms with van der Waals surface area (Å²) in [6.45, 7) is 7.23. The number of nitrogens with zero attached hydrogens (tertiary/aromatic N) is 3. The predicted octanol–water partition coefficient (Wildman–Crippen LogP) is 3.42. The minimum Gasteiger partial charge on any atom is -0.497 e. The Bertz CT molecular complexity index is 782. The second-order valence-corrected chi connectivity index (χ2v) is 8.89. The molecule has 1 N–H and O–H groups in total. The number of piperazine rings is 1. The number of rotatable bonds is 7. The Hall–Kier alpha value is -2.09. The SMILES string of the molecule is COc1ccc([C@H](CNC(=O)N2CCN(Cc3ccsc3)CC2)N2CCCC2)cc1. The number of ether oxygens (including phenoxy) is 1. The number of carbonyl (C=O) groups is 1. The van der Waals surface area contributed by atoms with Crippen molar-refractivity contribution in [3.05, 3.63) is 52.2 Å². The maximum atomic E-state index is 12.8. The molecule has 2 amide bonds. The lowest BCUT2D eigenvalue weighted by Crippen LogP contribution is -2.52. The van der Waals surface area contributed by atoms with E-state index in [0.29, 0.717) is 6.54 Å². The second-order valence-electron chi connectivity index (χ2n) is 8.11. The van der Waals surface area contributed by atoms with Gasteiger partial charge in [0, 0.05) is 39.3 Å². The smallest absolute Gasteiger partial charge is 0.317 e. The monoisotopic (exact) mass is 428 g/mol. The number of amides is 2. The Labute approximate surface area is 183 Å². The fourth-order valence-corrected chi connectivity index (χ4v) is 5.04. The molecule has 6 nitrogen and oxygen atoms in total. The van der Waals surface area contributed by atoms with Crippen LogP contribution in [0.25, 0.3) is 0 Å². The molecule has 2 aliphatic rings. The van der Waals surface area contributed by atoms with Crippen molar-refractivity contribution in [2.24, 2.45) is 0 Å². The maximum Gasteiger partial charge on any atom is 0.317 e. The summed E-state index contributed by atoms with van der Waals surface area (Å²) in [7, 11) is 1.69. The molecule has 1 aromatic heterocycles. The van der Waals surface area contributed by atoms with Gasteiger partial charge in [-0.2, -0.15) is 11.3 Å². The number of nitrogens with one attached hydrogen (secondary N) is 1. The first-order chi connectivity index (χ1) is 14.7. The molecular formula is C23H32N4O2S. The molecule has 2 aromatic rings. The first-order valence-corrected chi connectivity index (χ1v) is 11.8. The summed E-state index contributed by atoms with van der Waals surface area (Å²) < 4.78 is 5.30. The molecule has 7 heteroatoms. The fraction of sp³-hybridized carbons (Fsp3) is 0.522. The Balaban J connectivity index is 1.30. The second kappa shape index (κ2) is 10.3. The molecule has 1 atom stereocenters. The summed E-state index contributed by atoms with van der Waals surface area (Å²) in [4.78, 5) is 19.7. The van der Waals surface area contributed by atoms with Crippen molar-refractivity contribution < 1.29 is 9.53 Å². The molecule has 2 aliphatic heterocycles. The molecule has 0 saturated carbocycles. The standard InChI is InChI=1S/C23H32N4O2S/c1-29-21-6-4-20(5-7-21)22(26-9-2-3-10-26)16-24-23(28)27-13-11-25(12-14-27)17-19-8-15-30-18-19/h4-8,15,18,22H,2-3,9-14,16-17H2,1H3,(H,24,28)/t22-/m0/s1. The summed E-state index contributed by atoms with van der Waals surface area (Å²) in [5, 5.41) is 7.54. The molecule has 3 heterocycles. The van der Waals surface area contributed by atoms with E-state index in [2.05, 4.69) is 44.1 Å². The number of methoxy groups -OCH3 is 1. The molecule has 2 fully saturated rings. The van der Waals surface area contributed by atoms with E-state index >= 15 is 0 Å². The lowest BCUT2D eigenvalue weighted by Gasteiger charge is -2.35. The summed E-state index contributed by atoms with van der Waals surface area (Å²) in [5.74, 6) is 0.864. The maximum absolute atomic E-state index is 12.8. The highest BCUT2D eigenvalue weighted by Gasteiger charge is 2.26. The van der Waals surface area contributed by atoms with E-state index in [1.807, 2.05) is 17.0 Å². The van der Waals surface area contributed by atoms with Crippen molar-refractivity contribution in [3.8, 4) is 5.75 Å². The van der Waals surface area contributed by atoms with Crippen molar-refractivity contribution in [3.63, 3.8) is 0 Å². The minimum absolute atomic E-state index is 0.0582.